The molecule has 2 aromatic carbocycles. The summed E-state index contributed by atoms with van der Waals surface area (Å²) in [6, 6.07) is 10.2. The molecule has 0 aliphatic heterocycles. The standard InChI is InChI=1S/C18H21ClN4O2/c1-4-13-11-15(23(24)25)8-9-17(13)20-21-18-10-7-14(12-16(18)19)22(5-2)6-3/h7-12H,4-6H2,1-3H3. The van der Waals surface area contributed by atoms with E-state index in [1.165, 1.54) is 12.1 Å². The van der Waals surface area contributed by atoms with Crippen molar-refractivity contribution in [2.45, 2.75) is 27.2 Å². The van der Waals surface area contributed by atoms with Crippen molar-refractivity contribution in [2.75, 3.05) is 18.0 Å². The molecule has 0 atom stereocenters. The summed E-state index contributed by atoms with van der Waals surface area (Å²) in [6.07, 6.45) is 0.630. The molecule has 7 heteroatoms. The number of hydrogen-bond donors (Lipinski definition) is 0. The van der Waals surface area contributed by atoms with Gasteiger partial charge < -0.3 is 4.90 Å². The van der Waals surface area contributed by atoms with Crippen LogP contribution in [0, 0.1) is 10.1 Å². The Balaban J connectivity index is 2.29. The van der Waals surface area contributed by atoms with Crippen LogP contribution in [0.4, 0.5) is 22.7 Å². The highest BCUT2D eigenvalue weighted by molar-refractivity contribution is 6.33. The van der Waals surface area contributed by atoms with E-state index in [-0.39, 0.29) is 5.69 Å². The second-order valence-corrected chi connectivity index (χ2v) is 5.84. The SMILES string of the molecule is CCc1cc([N+](=O)[O-])ccc1N=Nc1ccc(N(CC)CC)cc1Cl. The minimum Gasteiger partial charge on any atom is -0.372 e. The topological polar surface area (TPSA) is 71.1 Å². The number of azo groups is 1. The molecule has 0 bridgehead atoms. The van der Waals surface area contributed by atoms with Gasteiger partial charge >= 0.3 is 0 Å². The Labute approximate surface area is 152 Å². The maximum atomic E-state index is 10.9. The monoisotopic (exact) mass is 360 g/mol. The number of benzene rings is 2. The number of nitro benzene ring substituents is 1. The van der Waals surface area contributed by atoms with Crippen molar-refractivity contribution in [1.82, 2.24) is 0 Å². The average Bonchev–Trinajstić information content (AvgIpc) is 2.61. The molecule has 0 spiro atoms. The fraction of sp³-hybridized carbons (Fsp3) is 0.333. The molecule has 2 aromatic rings. The molecule has 0 aliphatic carbocycles. The summed E-state index contributed by atoms with van der Waals surface area (Å²) in [5.74, 6) is 0. The molecule has 132 valence electrons. The summed E-state index contributed by atoms with van der Waals surface area (Å²) in [5, 5.41) is 19.8. The average molecular weight is 361 g/mol. The fourth-order valence-electron chi connectivity index (χ4n) is 2.54. The first-order valence-electron chi connectivity index (χ1n) is 8.23. The molecule has 25 heavy (non-hydrogen) atoms. The van der Waals surface area contributed by atoms with Gasteiger partial charge in [0.25, 0.3) is 5.69 Å². The molecule has 0 fully saturated rings. The van der Waals surface area contributed by atoms with Gasteiger partial charge in [0.2, 0.25) is 0 Å². The quantitative estimate of drug-likeness (QED) is 0.341. The van der Waals surface area contributed by atoms with Crippen LogP contribution in [0.25, 0.3) is 0 Å². The van der Waals surface area contributed by atoms with Gasteiger partial charge in [-0.15, -0.1) is 5.11 Å². The first-order chi connectivity index (χ1) is 12.0. The third-order valence-electron chi connectivity index (χ3n) is 3.98. The van der Waals surface area contributed by atoms with Gasteiger partial charge in [-0.3, -0.25) is 10.1 Å². The highest BCUT2D eigenvalue weighted by atomic mass is 35.5. The zero-order valence-corrected chi connectivity index (χ0v) is 15.3. The van der Waals surface area contributed by atoms with Gasteiger partial charge in [0.15, 0.2) is 0 Å². The largest absolute Gasteiger partial charge is 0.372 e. The second-order valence-electron chi connectivity index (χ2n) is 5.43. The molecule has 0 N–H and O–H groups in total. The molecule has 0 amide bonds. The Kier molecular flexibility index (Phi) is 6.47. The van der Waals surface area contributed by atoms with Gasteiger partial charge in [-0.1, -0.05) is 18.5 Å². The Morgan fingerprint density at radius 2 is 1.68 bits per heavy atom. The predicted molar refractivity (Wildman–Crippen MR) is 102 cm³/mol. The first-order valence-corrected chi connectivity index (χ1v) is 8.61. The molecule has 0 saturated heterocycles. The van der Waals surface area contributed by atoms with Crippen molar-refractivity contribution in [3.63, 3.8) is 0 Å². The highest BCUT2D eigenvalue weighted by Gasteiger charge is 2.10. The fourth-order valence-corrected chi connectivity index (χ4v) is 2.75. The lowest BCUT2D eigenvalue weighted by Gasteiger charge is -2.21. The number of nitrogens with zero attached hydrogens (tertiary/aromatic N) is 4. The van der Waals surface area contributed by atoms with Crippen molar-refractivity contribution in [1.29, 1.82) is 0 Å². The first kappa shape index (κ1) is 18.9. The molecule has 0 aliphatic rings. The van der Waals surface area contributed by atoms with Crippen molar-refractivity contribution < 1.29 is 4.92 Å². The van der Waals surface area contributed by atoms with Gasteiger partial charge in [-0.2, -0.15) is 5.11 Å². The van der Waals surface area contributed by atoms with Crippen molar-refractivity contribution in [3.05, 3.63) is 57.1 Å². The van der Waals surface area contributed by atoms with Gasteiger partial charge in [0, 0.05) is 30.9 Å². The van der Waals surface area contributed by atoms with Crippen LogP contribution >= 0.6 is 11.6 Å². The highest BCUT2D eigenvalue weighted by Crippen LogP contribution is 2.32. The van der Waals surface area contributed by atoms with Crippen molar-refractivity contribution >= 4 is 34.4 Å². The minimum absolute atomic E-state index is 0.0532. The molecule has 2 rings (SSSR count). The number of non-ortho nitro benzene ring substituents is 1. The van der Waals surface area contributed by atoms with E-state index in [0.29, 0.717) is 22.8 Å². The van der Waals surface area contributed by atoms with E-state index >= 15 is 0 Å². The molecular weight excluding hydrogens is 340 g/mol. The maximum absolute atomic E-state index is 10.9. The summed E-state index contributed by atoms with van der Waals surface area (Å²) < 4.78 is 0. The lowest BCUT2D eigenvalue weighted by atomic mass is 10.1. The molecule has 0 heterocycles. The van der Waals surface area contributed by atoms with E-state index in [1.54, 1.807) is 6.07 Å². The summed E-state index contributed by atoms with van der Waals surface area (Å²) in [5.41, 5.74) is 3.04. The summed E-state index contributed by atoms with van der Waals surface area (Å²) in [7, 11) is 0. The van der Waals surface area contributed by atoms with Crippen LogP contribution in [-0.4, -0.2) is 18.0 Å². The van der Waals surface area contributed by atoms with Gasteiger partial charge in [0.05, 0.1) is 15.6 Å². The number of halogens is 1. The van der Waals surface area contributed by atoms with E-state index in [0.717, 1.165) is 24.3 Å². The third kappa shape index (κ3) is 4.54. The number of hydrogen-bond acceptors (Lipinski definition) is 5. The van der Waals surface area contributed by atoms with Crippen LogP contribution in [0.15, 0.2) is 46.6 Å². The normalized spacial score (nSPS) is 11.0. The number of nitro groups is 1. The number of rotatable bonds is 7. The van der Waals surface area contributed by atoms with Crippen molar-refractivity contribution in [2.24, 2.45) is 10.2 Å². The summed E-state index contributed by atoms with van der Waals surface area (Å²) in [4.78, 5) is 12.6. The van der Waals surface area contributed by atoms with Crippen LogP contribution in [-0.2, 0) is 6.42 Å². The number of anilines is 1. The molecule has 0 aromatic heterocycles. The summed E-state index contributed by atoms with van der Waals surface area (Å²) in [6.45, 7) is 7.90. The Hall–Kier alpha value is -2.47. The summed E-state index contributed by atoms with van der Waals surface area (Å²) >= 11 is 6.32. The minimum atomic E-state index is -0.414. The van der Waals surface area contributed by atoms with Crippen LogP contribution < -0.4 is 4.90 Å². The second kappa shape index (κ2) is 8.58. The van der Waals surface area contributed by atoms with Crippen LogP contribution in [0.1, 0.15) is 26.3 Å². The molecule has 6 nitrogen and oxygen atoms in total. The van der Waals surface area contributed by atoms with E-state index in [2.05, 4.69) is 29.0 Å². The van der Waals surface area contributed by atoms with E-state index in [9.17, 15) is 10.1 Å². The predicted octanol–water partition coefficient (Wildman–Crippen LogP) is 6.07. The van der Waals surface area contributed by atoms with Crippen molar-refractivity contribution in [3.8, 4) is 0 Å². The lowest BCUT2D eigenvalue weighted by molar-refractivity contribution is -0.384. The molecular formula is C18H21ClN4O2. The van der Waals surface area contributed by atoms with E-state index < -0.39 is 4.92 Å². The smallest absolute Gasteiger partial charge is 0.269 e. The molecule has 0 unspecified atom stereocenters. The molecule has 0 saturated carbocycles. The van der Waals surface area contributed by atoms with Gasteiger partial charge in [0.1, 0.15) is 5.69 Å². The zero-order chi connectivity index (χ0) is 18.4. The maximum Gasteiger partial charge on any atom is 0.269 e. The third-order valence-corrected chi connectivity index (χ3v) is 4.28. The van der Waals surface area contributed by atoms with E-state index in [4.69, 9.17) is 11.6 Å². The Morgan fingerprint density at radius 1 is 1.04 bits per heavy atom. The molecule has 0 radical (unpaired) electrons. The van der Waals surface area contributed by atoms with Gasteiger partial charge in [-0.05, 0) is 50.1 Å². The Morgan fingerprint density at radius 3 is 2.24 bits per heavy atom. The zero-order valence-electron chi connectivity index (χ0n) is 14.6. The van der Waals surface area contributed by atoms with Gasteiger partial charge in [-0.25, -0.2) is 0 Å². The number of aryl methyl sites for hydroxylation is 1. The lowest BCUT2D eigenvalue weighted by Crippen LogP contribution is -2.21. The van der Waals surface area contributed by atoms with Crippen LogP contribution in [0.2, 0.25) is 5.02 Å². The van der Waals surface area contributed by atoms with E-state index in [1.807, 2.05) is 25.1 Å². The Bertz CT molecular complexity index is 789. The van der Waals surface area contributed by atoms with Crippen LogP contribution in [0.5, 0.6) is 0 Å². The van der Waals surface area contributed by atoms with Crippen LogP contribution in [0.3, 0.4) is 0 Å².